The van der Waals surface area contributed by atoms with Crippen molar-refractivity contribution in [3.8, 4) is 0 Å². The minimum Gasteiger partial charge on any atom is -0.421 e. The van der Waals surface area contributed by atoms with Gasteiger partial charge in [-0.05, 0) is 0 Å². The van der Waals surface area contributed by atoms with E-state index in [1.807, 2.05) is 0 Å². The summed E-state index contributed by atoms with van der Waals surface area (Å²) < 4.78 is 4.27. The second-order valence-electron chi connectivity index (χ2n) is 2.10. The maximum absolute atomic E-state index is 10.6. The summed E-state index contributed by atoms with van der Waals surface area (Å²) in [4.78, 5) is 21.1. The molecule has 0 saturated heterocycles. The van der Waals surface area contributed by atoms with Gasteiger partial charge in [0.05, 0.1) is 6.61 Å². The lowest BCUT2D eigenvalue weighted by molar-refractivity contribution is -0.152. The van der Waals surface area contributed by atoms with E-state index in [4.69, 9.17) is 10.2 Å². The van der Waals surface area contributed by atoms with Crippen LogP contribution in [0.2, 0.25) is 0 Å². The third-order valence-corrected chi connectivity index (χ3v) is 1.06. The number of esters is 1. The number of rotatable bonds is 4. The van der Waals surface area contributed by atoms with Gasteiger partial charge in [0.25, 0.3) is 0 Å². The standard InChI is InChI=1S/C7H10O5/c1-4(9)5(2)12-7(11)6(10)3-8/h6,8,10H,2-3H2,1H3. The van der Waals surface area contributed by atoms with E-state index in [-0.39, 0.29) is 5.76 Å². The van der Waals surface area contributed by atoms with Crippen molar-refractivity contribution in [3.63, 3.8) is 0 Å². The molecule has 68 valence electrons. The van der Waals surface area contributed by atoms with Gasteiger partial charge in [0.2, 0.25) is 0 Å². The molecule has 0 saturated carbocycles. The number of hydrogen-bond donors (Lipinski definition) is 2. The predicted molar refractivity (Wildman–Crippen MR) is 39.0 cm³/mol. The molecule has 1 atom stereocenters. The van der Waals surface area contributed by atoms with Crippen LogP contribution in [0.3, 0.4) is 0 Å². The number of hydrogen-bond acceptors (Lipinski definition) is 5. The van der Waals surface area contributed by atoms with Crippen LogP contribution < -0.4 is 0 Å². The van der Waals surface area contributed by atoms with E-state index in [1.54, 1.807) is 0 Å². The van der Waals surface area contributed by atoms with Crippen molar-refractivity contribution >= 4 is 11.8 Å². The van der Waals surface area contributed by atoms with Crippen LogP contribution in [0.15, 0.2) is 12.3 Å². The lowest BCUT2D eigenvalue weighted by atomic mass is 10.3. The van der Waals surface area contributed by atoms with E-state index in [0.29, 0.717) is 0 Å². The molecule has 12 heavy (non-hydrogen) atoms. The fourth-order valence-electron chi connectivity index (χ4n) is 0.336. The molecule has 0 heterocycles. The number of aliphatic hydroxyl groups is 2. The average molecular weight is 174 g/mol. The summed E-state index contributed by atoms with van der Waals surface area (Å²) in [6.07, 6.45) is -1.62. The SMILES string of the molecule is C=C(OC(=O)C(O)CO)C(C)=O. The Balaban J connectivity index is 4.01. The van der Waals surface area contributed by atoms with Crippen molar-refractivity contribution in [2.75, 3.05) is 6.61 Å². The summed E-state index contributed by atoms with van der Waals surface area (Å²) in [5.41, 5.74) is 0. The number of allylic oxidation sites excluding steroid dienone is 1. The van der Waals surface area contributed by atoms with Gasteiger partial charge in [-0.2, -0.15) is 0 Å². The van der Waals surface area contributed by atoms with E-state index >= 15 is 0 Å². The molecule has 0 aromatic rings. The lowest BCUT2D eigenvalue weighted by Gasteiger charge is -2.06. The van der Waals surface area contributed by atoms with Crippen LogP contribution in [0.25, 0.3) is 0 Å². The van der Waals surface area contributed by atoms with Gasteiger partial charge in [0.1, 0.15) is 0 Å². The Morgan fingerprint density at radius 1 is 1.58 bits per heavy atom. The van der Waals surface area contributed by atoms with E-state index in [2.05, 4.69) is 11.3 Å². The van der Waals surface area contributed by atoms with Crippen LogP contribution in [0.4, 0.5) is 0 Å². The smallest absolute Gasteiger partial charge is 0.342 e. The maximum Gasteiger partial charge on any atom is 0.342 e. The molecule has 0 radical (unpaired) electrons. The molecule has 0 bridgehead atoms. The molecule has 0 spiro atoms. The van der Waals surface area contributed by atoms with E-state index < -0.39 is 24.5 Å². The molecule has 0 aromatic heterocycles. The van der Waals surface area contributed by atoms with Gasteiger partial charge in [0, 0.05) is 6.92 Å². The Bertz CT molecular complexity index is 208. The van der Waals surface area contributed by atoms with E-state index in [1.165, 1.54) is 6.92 Å². The molecule has 0 aliphatic heterocycles. The molecule has 0 fully saturated rings. The van der Waals surface area contributed by atoms with Crippen LogP contribution in [-0.2, 0) is 14.3 Å². The zero-order chi connectivity index (χ0) is 9.72. The first kappa shape index (κ1) is 10.8. The molecular weight excluding hydrogens is 164 g/mol. The second-order valence-corrected chi connectivity index (χ2v) is 2.10. The van der Waals surface area contributed by atoms with Crippen molar-refractivity contribution in [2.24, 2.45) is 0 Å². The fourth-order valence-corrected chi connectivity index (χ4v) is 0.336. The monoisotopic (exact) mass is 174 g/mol. The van der Waals surface area contributed by atoms with Crippen molar-refractivity contribution in [3.05, 3.63) is 12.3 Å². The zero-order valence-electron chi connectivity index (χ0n) is 6.61. The summed E-state index contributed by atoms with van der Waals surface area (Å²) in [5, 5.41) is 17.0. The van der Waals surface area contributed by atoms with Gasteiger partial charge >= 0.3 is 5.97 Å². The highest BCUT2D eigenvalue weighted by molar-refractivity contribution is 5.93. The first-order valence-corrected chi connectivity index (χ1v) is 3.19. The predicted octanol–water partition coefficient (Wildman–Crippen LogP) is -1.01. The molecule has 0 aromatic carbocycles. The first-order chi connectivity index (χ1) is 5.49. The summed E-state index contributed by atoms with van der Waals surface area (Å²) in [6.45, 7) is 3.55. The summed E-state index contributed by atoms with van der Waals surface area (Å²) in [7, 11) is 0. The van der Waals surface area contributed by atoms with Gasteiger partial charge in [0.15, 0.2) is 17.6 Å². The molecule has 0 rings (SSSR count). The Kier molecular flexibility index (Phi) is 4.17. The Morgan fingerprint density at radius 2 is 2.08 bits per heavy atom. The quantitative estimate of drug-likeness (QED) is 0.324. The van der Waals surface area contributed by atoms with Crippen molar-refractivity contribution in [1.82, 2.24) is 0 Å². The van der Waals surface area contributed by atoms with Crippen LogP contribution >= 0.6 is 0 Å². The van der Waals surface area contributed by atoms with Crippen molar-refractivity contribution < 1.29 is 24.5 Å². The summed E-state index contributed by atoms with van der Waals surface area (Å²) >= 11 is 0. The molecule has 5 nitrogen and oxygen atoms in total. The Labute approximate surface area is 69.3 Å². The normalized spacial score (nSPS) is 11.9. The second kappa shape index (κ2) is 4.63. The average Bonchev–Trinajstić information content (AvgIpc) is 2.02. The van der Waals surface area contributed by atoms with Gasteiger partial charge in [-0.1, -0.05) is 6.58 Å². The molecular formula is C7H10O5. The number of ketones is 1. The van der Waals surface area contributed by atoms with Crippen LogP contribution in [0, 0.1) is 0 Å². The molecule has 0 aliphatic rings. The van der Waals surface area contributed by atoms with Crippen LogP contribution in [-0.4, -0.2) is 34.7 Å². The molecule has 1 unspecified atom stereocenters. The number of ether oxygens (including phenoxy) is 1. The zero-order valence-corrected chi connectivity index (χ0v) is 6.61. The highest BCUT2D eigenvalue weighted by atomic mass is 16.6. The molecule has 5 heteroatoms. The Morgan fingerprint density at radius 3 is 2.42 bits per heavy atom. The number of Topliss-reactive ketones (excluding diaryl/α,β-unsaturated/α-hetero) is 1. The summed E-state index contributed by atoms with van der Waals surface area (Å²) in [5.74, 6) is -1.95. The lowest BCUT2D eigenvalue weighted by Crippen LogP contribution is -2.27. The van der Waals surface area contributed by atoms with Gasteiger partial charge in [-0.3, -0.25) is 4.79 Å². The number of aliphatic hydroxyl groups excluding tert-OH is 2. The highest BCUT2D eigenvalue weighted by Crippen LogP contribution is 1.98. The third kappa shape index (κ3) is 3.27. The van der Waals surface area contributed by atoms with E-state index in [9.17, 15) is 9.59 Å². The van der Waals surface area contributed by atoms with E-state index in [0.717, 1.165) is 0 Å². The fraction of sp³-hybridized carbons (Fsp3) is 0.429. The van der Waals surface area contributed by atoms with Gasteiger partial charge in [-0.25, -0.2) is 4.79 Å². The minimum absolute atomic E-state index is 0.354. The molecule has 2 N–H and O–H groups in total. The first-order valence-electron chi connectivity index (χ1n) is 3.19. The number of carbonyl (C=O) groups excluding carboxylic acids is 2. The van der Waals surface area contributed by atoms with Gasteiger partial charge < -0.3 is 14.9 Å². The molecule has 0 aliphatic carbocycles. The Hall–Kier alpha value is -1.20. The van der Waals surface area contributed by atoms with Crippen LogP contribution in [0.5, 0.6) is 0 Å². The van der Waals surface area contributed by atoms with Gasteiger partial charge in [-0.15, -0.1) is 0 Å². The highest BCUT2D eigenvalue weighted by Gasteiger charge is 2.17. The topological polar surface area (TPSA) is 83.8 Å². The largest absolute Gasteiger partial charge is 0.421 e. The minimum atomic E-state index is -1.62. The summed E-state index contributed by atoms with van der Waals surface area (Å²) in [6, 6.07) is 0. The van der Waals surface area contributed by atoms with Crippen molar-refractivity contribution in [2.45, 2.75) is 13.0 Å². The van der Waals surface area contributed by atoms with Crippen molar-refractivity contribution in [1.29, 1.82) is 0 Å². The maximum atomic E-state index is 10.6. The van der Waals surface area contributed by atoms with Crippen LogP contribution in [0.1, 0.15) is 6.92 Å². The molecule has 0 amide bonds. The number of carbonyl (C=O) groups is 2. The third-order valence-electron chi connectivity index (χ3n) is 1.06.